The molecule has 0 amide bonds. The molecule has 1 aromatic heterocycles. The fourth-order valence-corrected chi connectivity index (χ4v) is 1.95. The molecule has 112 valence electrons. The molecule has 20 heavy (non-hydrogen) atoms. The molecule has 1 aliphatic rings. The molecule has 2 N–H and O–H groups in total. The molecular weight excluding hydrogens is 275 g/mol. The van der Waals surface area contributed by atoms with E-state index in [1.54, 1.807) is 4.90 Å². The first-order valence-corrected chi connectivity index (χ1v) is 6.10. The van der Waals surface area contributed by atoms with Crippen LogP contribution in [0.5, 0.6) is 0 Å². The Labute approximate surface area is 114 Å². The predicted molar refractivity (Wildman–Crippen MR) is 65.9 cm³/mol. The van der Waals surface area contributed by atoms with E-state index in [1.807, 2.05) is 0 Å². The number of guanidine groups is 1. The summed E-state index contributed by atoms with van der Waals surface area (Å²) in [6.07, 6.45) is -3.18. The van der Waals surface area contributed by atoms with Gasteiger partial charge in [-0.3, -0.25) is 4.68 Å². The van der Waals surface area contributed by atoms with Crippen LogP contribution in [0.3, 0.4) is 0 Å². The largest absolute Gasteiger partial charge is 0.435 e. The topological polar surface area (TPSA) is 68.7 Å². The van der Waals surface area contributed by atoms with Crippen LogP contribution in [0.4, 0.5) is 13.2 Å². The molecule has 0 aliphatic carbocycles. The average molecular weight is 291 g/mol. The summed E-state index contributed by atoms with van der Waals surface area (Å²) in [7, 11) is 1.44. The fourth-order valence-electron chi connectivity index (χ4n) is 1.95. The van der Waals surface area contributed by atoms with Crippen molar-refractivity contribution in [3.05, 3.63) is 17.5 Å². The molecule has 0 radical (unpaired) electrons. The highest BCUT2D eigenvalue weighted by Gasteiger charge is 2.36. The van der Waals surface area contributed by atoms with Gasteiger partial charge in [0, 0.05) is 31.9 Å². The maximum Gasteiger partial charge on any atom is 0.435 e. The van der Waals surface area contributed by atoms with Crippen molar-refractivity contribution < 1.29 is 17.9 Å². The molecule has 0 atom stereocenters. The Hall–Kier alpha value is -1.77. The lowest BCUT2D eigenvalue weighted by molar-refractivity contribution is -0.142. The van der Waals surface area contributed by atoms with Gasteiger partial charge in [-0.2, -0.15) is 18.3 Å². The lowest BCUT2D eigenvalue weighted by atomic mass is 10.2. The summed E-state index contributed by atoms with van der Waals surface area (Å²) in [6.45, 7) is 2.11. The lowest BCUT2D eigenvalue weighted by Crippen LogP contribution is -2.44. The van der Waals surface area contributed by atoms with Gasteiger partial charge < -0.3 is 15.4 Å². The third kappa shape index (κ3) is 3.41. The van der Waals surface area contributed by atoms with Gasteiger partial charge in [0.05, 0.1) is 19.8 Å². The van der Waals surface area contributed by atoms with Crippen molar-refractivity contribution in [3.8, 4) is 0 Å². The zero-order valence-corrected chi connectivity index (χ0v) is 11.0. The molecule has 1 saturated heterocycles. The standard InChI is InChI=1S/C11H16F3N5O/c1-18-7-8(9(17-18)11(12,13)14)6-16-10(15)19-2-4-20-5-3-19/h7H,2-6H2,1H3,(H2,15,16). The lowest BCUT2D eigenvalue weighted by Gasteiger charge is -2.27. The highest BCUT2D eigenvalue weighted by molar-refractivity contribution is 5.78. The van der Waals surface area contributed by atoms with Gasteiger partial charge in [-0.25, -0.2) is 4.99 Å². The number of morpholine rings is 1. The van der Waals surface area contributed by atoms with Gasteiger partial charge in [0.1, 0.15) is 0 Å². The van der Waals surface area contributed by atoms with Gasteiger partial charge in [0.2, 0.25) is 0 Å². The summed E-state index contributed by atoms with van der Waals surface area (Å²) < 4.78 is 44.6. The summed E-state index contributed by atoms with van der Waals surface area (Å²) >= 11 is 0. The molecule has 2 heterocycles. The van der Waals surface area contributed by atoms with Crippen molar-refractivity contribution in [1.82, 2.24) is 14.7 Å². The molecule has 0 bridgehead atoms. The van der Waals surface area contributed by atoms with Crippen molar-refractivity contribution in [2.45, 2.75) is 12.7 Å². The number of halogens is 3. The van der Waals surface area contributed by atoms with E-state index in [4.69, 9.17) is 10.5 Å². The van der Waals surface area contributed by atoms with E-state index in [-0.39, 0.29) is 18.1 Å². The zero-order valence-electron chi connectivity index (χ0n) is 11.0. The minimum Gasteiger partial charge on any atom is -0.378 e. The number of hydrogen-bond donors (Lipinski definition) is 1. The van der Waals surface area contributed by atoms with Crippen LogP contribution in [0.1, 0.15) is 11.3 Å². The van der Waals surface area contributed by atoms with Gasteiger partial charge in [0.15, 0.2) is 11.7 Å². The van der Waals surface area contributed by atoms with Crippen LogP contribution in [0.25, 0.3) is 0 Å². The first-order chi connectivity index (χ1) is 9.38. The highest BCUT2D eigenvalue weighted by Crippen LogP contribution is 2.30. The number of aliphatic imine (C=N–C) groups is 1. The monoisotopic (exact) mass is 291 g/mol. The summed E-state index contributed by atoms with van der Waals surface area (Å²) in [5.74, 6) is 0.227. The first-order valence-electron chi connectivity index (χ1n) is 6.10. The average Bonchev–Trinajstić information content (AvgIpc) is 2.78. The third-order valence-electron chi connectivity index (χ3n) is 2.92. The molecule has 0 saturated carbocycles. The minimum absolute atomic E-state index is 0.0104. The normalized spacial score (nSPS) is 17.6. The summed E-state index contributed by atoms with van der Waals surface area (Å²) in [5, 5.41) is 3.42. The Bertz CT molecular complexity index is 491. The van der Waals surface area contributed by atoms with Crippen molar-refractivity contribution >= 4 is 5.96 Å². The van der Waals surface area contributed by atoms with Gasteiger partial charge in [-0.1, -0.05) is 0 Å². The number of ether oxygens (including phenoxy) is 1. The molecule has 1 aromatic rings. The fraction of sp³-hybridized carbons (Fsp3) is 0.636. The Morgan fingerprint density at radius 1 is 1.45 bits per heavy atom. The van der Waals surface area contributed by atoms with E-state index in [0.717, 1.165) is 4.68 Å². The number of aryl methyl sites for hydroxylation is 1. The molecule has 1 aliphatic heterocycles. The summed E-state index contributed by atoms with van der Waals surface area (Å²) in [6, 6.07) is 0. The van der Waals surface area contributed by atoms with E-state index in [1.165, 1.54) is 13.2 Å². The van der Waals surface area contributed by atoms with E-state index < -0.39 is 11.9 Å². The van der Waals surface area contributed by atoms with Crippen LogP contribution in [0.15, 0.2) is 11.2 Å². The van der Waals surface area contributed by atoms with Crippen LogP contribution >= 0.6 is 0 Å². The number of nitrogens with zero attached hydrogens (tertiary/aromatic N) is 4. The van der Waals surface area contributed by atoms with Gasteiger partial charge in [-0.05, 0) is 0 Å². The van der Waals surface area contributed by atoms with Gasteiger partial charge in [-0.15, -0.1) is 0 Å². The second kappa shape index (κ2) is 5.70. The Morgan fingerprint density at radius 2 is 2.10 bits per heavy atom. The molecule has 6 nitrogen and oxygen atoms in total. The van der Waals surface area contributed by atoms with Crippen LogP contribution in [-0.2, 0) is 24.5 Å². The predicted octanol–water partition coefficient (Wildman–Crippen LogP) is 0.586. The maximum atomic E-state index is 12.8. The second-order valence-corrected chi connectivity index (χ2v) is 4.45. The smallest absolute Gasteiger partial charge is 0.378 e. The number of hydrogen-bond acceptors (Lipinski definition) is 3. The molecule has 1 fully saturated rings. The Kier molecular flexibility index (Phi) is 4.17. The molecule has 0 aromatic carbocycles. The number of aromatic nitrogens is 2. The number of nitrogens with two attached hydrogens (primary N) is 1. The third-order valence-corrected chi connectivity index (χ3v) is 2.92. The maximum absolute atomic E-state index is 12.8. The molecule has 2 rings (SSSR count). The second-order valence-electron chi connectivity index (χ2n) is 4.45. The minimum atomic E-state index is -4.49. The molecule has 9 heteroatoms. The van der Waals surface area contributed by atoms with Crippen molar-refractivity contribution in [2.75, 3.05) is 26.3 Å². The SMILES string of the molecule is Cn1cc(CN=C(N)N2CCOCC2)c(C(F)(F)F)n1. The van der Waals surface area contributed by atoms with Crippen molar-refractivity contribution in [3.63, 3.8) is 0 Å². The van der Waals surface area contributed by atoms with Crippen LogP contribution in [-0.4, -0.2) is 46.9 Å². The Balaban J connectivity index is 2.10. The Morgan fingerprint density at radius 3 is 2.70 bits per heavy atom. The first kappa shape index (κ1) is 14.6. The number of alkyl halides is 3. The van der Waals surface area contributed by atoms with E-state index >= 15 is 0 Å². The van der Waals surface area contributed by atoms with Crippen LogP contribution < -0.4 is 5.73 Å². The quantitative estimate of drug-likeness (QED) is 0.639. The van der Waals surface area contributed by atoms with Crippen molar-refractivity contribution in [2.24, 2.45) is 17.8 Å². The zero-order chi connectivity index (χ0) is 14.8. The summed E-state index contributed by atoms with van der Waals surface area (Å²) in [4.78, 5) is 5.80. The van der Waals surface area contributed by atoms with Crippen LogP contribution in [0.2, 0.25) is 0 Å². The van der Waals surface area contributed by atoms with Gasteiger partial charge in [0.25, 0.3) is 0 Å². The van der Waals surface area contributed by atoms with Crippen molar-refractivity contribution in [1.29, 1.82) is 0 Å². The van der Waals surface area contributed by atoms with E-state index in [2.05, 4.69) is 10.1 Å². The van der Waals surface area contributed by atoms with Crippen LogP contribution in [0, 0.1) is 0 Å². The van der Waals surface area contributed by atoms with E-state index in [9.17, 15) is 13.2 Å². The number of rotatable bonds is 2. The molecular formula is C11H16F3N5O. The highest BCUT2D eigenvalue weighted by atomic mass is 19.4. The molecule has 0 unspecified atom stereocenters. The molecule has 0 spiro atoms. The van der Waals surface area contributed by atoms with Gasteiger partial charge >= 0.3 is 6.18 Å². The van der Waals surface area contributed by atoms with E-state index in [0.29, 0.717) is 26.3 Å². The summed E-state index contributed by atoms with van der Waals surface area (Å²) in [5.41, 5.74) is 4.87.